The van der Waals surface area contributed by atoms with Crippen molar-refractivity contribution in [3.63, 3.8) is 0 Å². The number of rotatable bonds is 11. The van der Waals surface area contributed by atoms with E-state index >= 15 is 0 Å². The van der Waals surface area contributed by atoms with Crippen LogP contribution in [0.3, 0.4) is 0 Å². The van der Waals surface area contributed by atoms with Crippen LogP contribution in [0.15, 0.2) is 66.7 Å². The van der Waals surface area contributed by atoms with Gasteiger partial charge in [0.15, 0.2) is 5.82 Å². The standard InChI is InChI=1S/C31H36N4O4.2ClH/c1-37-25-10-6-23(7-11-25)30-28-13-12-27(38-2)20-29(28)31(34-33-30)32-24-14-16-35(17-15-24)21-22-4-8-26(9-5-22)39-19-3-18-36;;/h4-13,20,24,36H,3,14-19,21H2,1-2H3,(H,32,34);2*1H. The van der Waals surface area contributed by atoms with E-state index in [1.807, 2.05) is 48.5 Å². The first kappa shape index (κ1) is 32.2. The lowest BCUT2D eigenvalue weighted by Crippen LogP contribution is -2.38. The highest BCUT2D eigenvalue weighted by atomic mass is 35.5. The number of halogens is 2. The maximum atomic E-state index is 8.90. The van der Waals surface area contributed by atoms with Crippen LogP contribution in [0.1, 0.15) is 24.8 Å². The molecule has 2 heterocycles. The van der Waals surface area contributed by atoms with Crippen molar-refractivity contribution in [2.24, 2.45) is 0 Å². The molecule has 3 aromatic carbocycles. The molecule has 4 aromatic rings. The number of piperidine rings is 1. The molecule has 0 amide bonds. The van der Waals surface area contributed by atoms with E-state index in [0.29, 0.717) is 19.1 Å². The van der Waals surface area contributed by atoms with Gasteiger partial charge in [0.05, 0.1) is 20.8 Å². The molecule has 1 fully saturated rings. The van der Waals surface area contributed by atoms with Crippen LogP contribution < -0.4 is 19.5 Å². The molecule has 41 heavy (non-hydrogen) atoms. The molecule has 0 bridgehead atoms. The lowest BCUT2D eigenvalue weighted by Gasteiger charge is -2.32. The summed E-state index contributed by atoms with van der Waals surface area (Å²) in [5.41, 5.74) is 3.09. The van der Waals surface area contributed by atoms with Gasteiger partial charge in [0.2, 0.25) is 0 Å². The Kier molecular flexibility index (Phi) is 12.3. The zero-order valence-electron chi connectivity index (χ0n) is 23.4. The molecule has 2 N–H and O–H groups in total. The van der Waals surface area contributed by atoms with E-state index in [1.54, 1.807) is 14.2 Å². The van der Waals surface area contributed by atoms with E-state index in [1.165, 1.54) is 5.56 Å². The number of fused-ring (bicyclic) bond motifs is 1. The van der Waals surface area contributed by atoms with E-state index in [-0.39, 0.29) is 31.4 Å². The largest absolute Gasteiger partial charge is 0.497 e. The molecule has 5 rings (SSSR count). The van der Waals surface area contributed by atoms with Gasteiger partial charge in [-0.2, -0.15) is 0 Å². The van der Waals surface area contributed by atoms with Crippen molar-refractivity contribution in [3.8, 4) is 28.5 Å². The average molecular weight is 602 g/mol. The number of benzene rings is 3. The van der Waals surface area contributed by atoms with Crippen molar-refractivity contribution in [2.45, 2.75) is 31.8 Å². The predicted molar refractivity (Wildman–Crippen MR) is 168 cm³/mol. The van der Waals surface area contributed by atoms with E-state index in [4.69, 9.17) is 19.3 Å². The Bertz CT molecular complexity index is 1370. The second kappa shape index (κ2) is 15.6. The molecular formula is C31H38Cl2N4O4. The zero-order valence-corrected chi connectivity index (χ0v) is 25.0. The maximum absolute atomic E-state index is 8.90. The Morgan fingerprint density at radius 3 is 2.15 bits per heavy atom. The average Bonchev–Trinajstić information content (AvgIpc) is 2.99. The van der Waals surface area contributed by atoms with Crippen molar-refractivity contribution < 1.29 is 19.3 Å². The molecule has 8 nitrogen and oxygen atoms in total. The van der Waals surface area contributed by atoms with Gasteiger partial charge in [-0.3, -0.25) is 4.90 Å². The number of aliphatic hydroxyl groups excluding tert-OH is 1. The van der Waals surface area contributed by atoms with Crippen LogP contribution in [0, 0.1) is 0 Å². The topological polar surface area (TPSA) is 89.0 Å². The third kappa shape index (κ3) is 8.14. The van der Waals surface area contributed by atoms with Crippen LogP contribution in [-0.2, 0) is 6.54 Å². The quantitative estimate of drug-likeness (QED) is 0.203. The van der Waals surface area contributed by atoms with E-state index in [9.17, 15) is 0 Å². The summed E-state index contributed by atoms with van der Waals surface area (Å²) in [6, 6.07) is 22.5. The molecule has 0 spiro atoms. The molecule has 1 aliphatic rings. The SMILES string of the molecule is COc1ccc(-c2nnc(NC3CCN(Cc4ccc(OCCCO)cc4)CC3)c3cc(OC)ccc23)cc1.Cl.Cl. The van der Waals surface area contributed by atoms with Gasteiger partial charge in [0.25, 0.3) is 0 Å². The van der Waals surface area contributed by atoms with Crippen LogP contribution in [0.5, 0.6) is 17.2 Å². The molecule has 1 saturated heterocycles. The number of nitrogens with one attached hydrogen (secondary N) is 1. The number of hydrogen-bond acceptors (Lipinski definition) is 8. The van der Waals surface area contributed by atoms with Gasteiger partial charge in [-0.25, -0.2) is 0 Å². The third-order valence-electron chi connectivity index (χ3n) is 7.18. The number of anilines is 1. The molecule has 0 aliphatic carbocycles. The Hall–Kier alpha value is -3.30. The monoisotopic (exact) mass is 600 g/mol. The molecule has 0 saturated carbocycles. The highest BCUT2D eigenvalue weighted by molar-refractivity contribution is 6.00. The minimum Gasteiger partial charge on any atom is -0.497 e. The van der Waals surface area contributed by atoms with Crippen LogP contribution in [0.4, 0.5) is 5.82 Å². The molecule has 1 aromatic heterocycles. The molecule has 0 unspecified atom stereocenters. The predicted octanol–water partition coefficient (Wildman–Crippen LogP) is 6.00. The molecular weight excluding hydrogens is 563 g/mol. The molecule has 1 aliphatic heterocycles. The Morgan fingerprint density at radius 1 is 0.829 bits per heavy atom. The lowest BCUT2D eigenvalue weighted by molar-refractivity contribution is 0.211. The summed E-state index contributed by atoms with van der Waals surface area (Å²) in [6.07, 6.45) is 2.69. The number of nitrogens with zero attached hydrogens (tertiary/aromatic N) is 3. The van der Waals surface area contributed by atoms with E-state index < -0.39 is 0 Å². The second-order valence-electron chi connectivity index (χ2n) is 9.80. The number of hydrogen-bond donors (Lipinski definition) is 2. The highest BCUT2D eigenvalue weighted by Gasteiger charge is 2.21. The fraction of sp³-hybridized carbons (Fsp3) is 0.355. The fourth-order valence-corrected chi connectivity index (χ4v) is 4.96. The Labute approximate surface area is 253 Å². The highest BCUT2D eigenvalue weighted by Crippen LogP contribution is 2.34. The number of aromatic nitrogens is 2. The first-order chi connectivity index (χ1) is 19.2. The second-order valence-corrected chi connectivity index (χ2v) is 9.80. The lowest BCUT2D eigenvalue weighted by atomic mass is 10.0. The van der Waals surface area contributed by atoms with Crippen LogP contribution in [0.25, 0.3) is 22.0 Å². The molecule has 10 heteroatoms. The smallest absolute Gasteiger partial charge is 0.156 e. The van der Waals surface area contributed by atoms with Crippen LogP contribution >= 0.6 is 24.8 Å². The maximum Gasteiger partial charge on any atom is 0.156 e. The normalized spacial score (nSPS) is 13.6. The van der Waals surface area contributed by atoms with Crippen molar-refractivity contribution in [3.05, 3.63) is 72.3 Å². The first-order valence-corrected chi connectivity index (χ1v) is 13.5. The number of likely N-dealkylation sites (tertiary alicyclic amines) is 1. The molecule has 0 radical (unpaired) electrons. The summed E-state index contributed by atoms with van der Waals surface area (Å²) < 4.78 is 16.5. The summed E-state index contributed by atoms with van der Waals surface area (Å²) in [6.45, 7) is 3.61. The van der Waals surface area contributed by atoms with Crippen molar-refractivity contribution in [1.29, 1.82) is 0 Å². The summed E-state index contributed by atoms with van der Waals surface area (Å²) in [5.74, 6) is 3.23. The van der Waals surface area contributed by atoms with Gasteiger partial charge < -0.3 is 24.6 Å². The summed E-state index contributed by atoms with van der Waals surface area (Å²) in [5, 5.41) is 23.9. The van der Waals surface area contributed by atoms with Gasteiger partial charge in [0.1, 0.15) is 22.9 Å². The van der Waals surface area contributed by atoms with Gasteiger partial charge >= 0.3 is 0 Å². The number of methoxy groups -OCH3 is 2. The Balaban J connectivity index is 0.00000231. The van der Waals surface area contributed by atoms with E-state index in [0.717, 1.165) is 77.6 Å². The minimum atomic E-state index is 0. The van der Waals surface area contributed by atoms with Crippen molar-refractivity contribution >= 4 is 41.4 Å². The van der Waals surface area contributed by atoms with Gasteiger partial charge in [-0.15, -0.1) is 35.0 Å². The molecule has 0 atom stereocenters. The van der Waals surface area contributed by atoms with Gasteiger partial charge in [-0.05, 0) is 73.0 Å². The first-order valence-electron chi connectivity index (χ1n) is 13.5. The number of ether oxygens (including phenoxy) is 3. The van der Waals surface area contributed by atoms with Gasteiger partial charge in [-0.1, -0.05) is 12.1 Å². The summed E-state index contributed by atoms with van der Waals surface area (Å²) in [7, 11) is 3.35. The van der Waals surface area contributed by atoms with E-state index in [2.05, 4.69) is 38.6 Å². The van der Waals surface area contributed by atoms with Gasteiger partial charge in [0, 0.05) is 55.0 Å². The molecule has 220 valence electrons. The zero-order chi connectivity index (χ0) is 27.0. The minimum absolute atomic E-state index is 0. The van der Waals surface area contributed by atoms with Crippen molar-refractivity contribution in [1.82, 2.24) is 15.1 Å². The van der Waals surface area contributed by atoms with Crippen molar-refractivity contribution in [2.75, 3.05) is 45.8 Å². The summed E-state index contributed by atoms with van der Waals surface area (Å²) in [4.78, 5) is 2.49. The third-order valence-corrected chi connectivity index (χ3v) is 7.18. The van der Waals surface area contributed by atoms with Crippen LogP contribution in [-0.4, -0.2) is 66.8 Å². The summed E-state index contributed by atoms with van der Waals surface area (Å²) >= 11 is 0. The Morgan fingerprint density at radius 2 is 1.49 bits per heavy atom. The van der Waals surface area contributed by atoms with Crippen LogP contribution in [0.2, 0.25) is 0 Å². The fourth-order valence-electron chi connectivity index (χ4n) is 4.96. The number of aliphatic hydroxyl groups is 1.